The molecule has 0 aromatic carbocycles. The van der Waals surface area contributed by atoms with Gasteiger partial charge in [0.1, 0.15) is 9.84 Å². The molecule has 2 aliphatic heterocycles. The number of hydrogen-bond donors (Lipinski definition) is 0. The van der Waals surface area contributed by atoms with Crippen LogP contribution in [-0.4, -0.2) is 60.8 Å². The number of rotatable bonds is 0. The molecule has 2 fully saturated rings. The van der Waals surface area contributed by atoms with Crippen LogP contribution in [0.15, 0.2) is 0 Å². The molecule has 0 aromatic rings. The van der Waals surface area contributed by atoms with Gasteiger partial charge in [-0.2, -0.15) is 0 Å². The Labute approximate surface area is 207 Å². The summed E-state index contributed by atoms with van der Waals surface area (Å²) in [6.07, 6.45) is 0. The predicted octanol–water partition coefficient (Wildman–Crippen LogP) is 2.74. The zero-order valence-corrected chi connectivity index (χ0v) is 23.8. The van der Waals surface area contributed by atoms with E-state index in [9.17, 15) is 12.6 Å². The van der Waals surface area contributed by atoms with Crippen LogP contribution in [0.3, 0.4) is 0 Å². The van der Waals surface area contributed by atoms with E-state index in [0.29, 0.717) is 12.6 Å². The average molecular weight is 542 g/mol. The van der Waals surface area contributed by atoms with E-state index in [0.717, 1.165) is 18.1 Å². The molecule has 5 nitrogen and oxygen atoms in total. The Balaban J connectivity index is 0. The maximum atomic E-state index is 11.2. The van der Waals surface area contributed by atoms with E-state index in [-0.39, 0.29) is 93.8 Å². The zero-order valence-electron chi connectivity index (χ0n) is 16.5. The molecule has 144 valence electrons. The SMILES string of the molecule is CC(C)(C)C1CS(=O)(=O)CC[N-]1.CC(C)(C)C1CS(=O)CC[N-]1.[Y].[Y]. The van der Waals surface area contributed by atoms with Gasteiger partial charge in [0, 0.05) is 99.2 Å². The fourth-order valence-corrected chi connectivity index (χ4v) is 5.46. The molecule has 3 unspecified atom stereocenters. The molecule has 25 heavy (non-hydrogen) atoms. The third-order valence-electron chi connectivity index (χ3n) is 4.18. The van der Waals surface area contributed by atoms with Gasteiger partial charge >= 0.3 is 0 Å². The van der Waals surface area contributed by atoms with E-state index in [2.05, 4.69) is 31.4 Å². The van der Waals surface area contributed by atoms with Crippen LogP contribution >= 0.6 is 0 Å². The Hall–Kier alpha value is 2.23. The summed E-state index contributed by atoms with van der Waals surface area (Å²) < 4.78 is 33.7. The third-order valence-corrected chi connectivity index (χ3v) is 7.13. The van der Waals surface area contributed by atoms with Crippen LogP contribution in [0.25, 0.3) is 10.6 Å². The van der Waals surface area contributed by atoms with Crippen LogP contribution in [-0.2, 0) is 86.1 Å². The van der Waals surface area contributed by atoms with Gasteiger partial charge in [0.25, 0.3) is 0 Å². The van der Waals surface area contributed by atoms with Gasteiger partial charge in [-0.1, -0.05) is 52.4 Å². The average Bonchev–Trinajstić information content (AvgIpc) is 2.36. The quantitative estimate of drug-likeness (QED) is 0.473. The summed E-state index contributed by atoms with van der Waals surface area (Å²) in [6.45, 7) is 13.8. The summed E-state index contributed by atoms with van der Waals surface area (Å²) in [7, 11) is -3.42. The minimum atomic E-state index is -2.81. The van der Waals surface area contributed by atoms with Crippen molar-refractivity contribution in [2.75, 3.05) is 36.1 Å². The molecule has 0 amide bonds. The molecule has 3 atom stereocenters. The standard InChI is InChI=1S/C8H16NO2S.C8H16NOS.2Y/c1-8(2,3)7-6-12(10,11)5-4-9-7;1-8(2,3)7-6-11(10)5-4-9-7;;/h7H,4-6H2,1-3H3;7H,4-6H2,1-3H3;;/q2*-1;;. The fourth-order valence-electron chi connectivity index (χ4n) is 2.39. The molecule has 2 saturated heterocycles. The topological polar surface area (TPSA) is 79.4 Å². The summed E-state index contributed by atoms with van der Waals surface area (Å²) in [4.78, 5) is 0. The Morgan fingerprint density at radius 1 is 0.880 bits per heavy atom. The molecule has 0 spiro atoms. The number of sulfone groups is 1. The Morgan fingerprint density at radius 3 is 1.68 bits per heavy atom. The second-order valence-electron chi connectivity index (χ2n) is 8.50. The monoisotopic (exact) mass is 542 g/mol. The summed E-state index contributed by atoms with van der Waals surface area (Å²) in [5.41, 5.74) is 0.170. The third kappa shape index (κ3) is 11.7. The molecule has 2 heterocycles. The van der Waals surface area contributed by atoms with Gasteiger partial charge in [-0.05, 0) is 0 Å². The Kier molecular flexibility index (Phi) is 14.2. The van der Waals surface area contributed by atoms with Crippen molar-refractivity contribution in [3.63, 3.8) is 0 Å². The number of hydrogen-bond acceptors (Lipinski definition) is 3. The van der Waals surface area contributed by atoms with E-state index < -0.39 is 20.6 Å². The van der Waals surface area contributed by atoms with Crippen LogP contribution in [0.5, 0.6) is 0 Å². The Bertz CT molecular complexity index is 514. The summed E-state index contributed by atoms with van der Waals surface area (Å²) in [6, 6.07) is 0.285. The summed E-state index contributed by atoms with van der Waals surface area (Å²) >= 11 is 0. The first-order chi connectivity index (χ1) is 10.3. The van der Waals surface area contributed by atoms with Crippen LogP contribution in [0.4, 0.5) is 0 Å². The van der Waals surface area contributed by atoms with E-state index >= 15 is 0 Å². The second kappa shape index (κ2) is 12.0. The van der Waals surface area contributed by atoms with Crippen LogP contribution in [0.1, 0.15) is 41.5 Å². The van der Waals surface area contributed by atoms with E-state index in [4.69, 9.17) is 0 Å². The summed E-state index contributed by atoms with van der Waals surface area (Å²) in [5.74, 6) is 2.01. The predicted molar refractivity (Wildman–Crippen MR) is 99.5 cm³/mol. The molecule has 2 aliphatic rings. The van der Waals surface area contributed by atoms with Crippen molar-refractivity contribution in [2.24, 2.45) is 10.8 Å². The summed E-state index contributed by atoms with van der Waals surface area (Å²) in [5, 5.41) is 8.78. The number of nitrogens with zero attached hydrogens (tertiary/aromatic N) is 2. The van der Waals surface area contributed by atoms with Gasteiger partial charge in [-0.3, -0.25) is 4.21 Å². The van der Waals surface area contributed by atoms with Crippen molar-refractivity contribution in [1.82, 2.24) is 0 Å². The molecule has 2 rings (SSSR count). The molecule has 0 aromatic heterocycles. The maximum absolute atomic E-state index is 11.2. The molecule has 2 radical (unpaired) electrons. The van der Waals surface area contributed by atoms with Gasteiger partial charge in [-0.25, -0.2) is 8.42 Å². The first-order valence-electron chi connectivity index (χ1n) is 8.20. The molecular formula is C16H32N2O3S2Y2-2. The second-order valence-corrected chi connectivity index (χ2v) is 12.4. The molecule has 0 aliphatic carbocycles. The van der Waals surface area contributed by atoms with Crippen molar-refractivity contribution in [2.45, 2.75) is 53.6 Å². The van der Waals surface area contributed by atoms with Crippen molar-refractivity contribution in [3.05, 3.63) is 10.6 Å². The van der Waals surface area contributed by atoms with Crippen molar-refractivity contribution < 1.29 is 78.0 Å². The van der Waals surface area contributed by atoms with E-state index in [1.807, 2.05) is 20.8 Å². The van der Waals surface area contributed by atoms with Crippen molar-refractivity contribution in [3.8, 4) is 0 Å². The van der Waals surface area contributed by atoms with Gasteiger partial charge < -0.3 is 10.6 Å². The smallest absolute Gasteiger partial charge is 0.147 e. The van der Waals surface area contributed by atoms with Gasteiger partial charge in [-0.15, -0.1) is 25.2 Å². The maximum Gasteiger partial charge on any atom is 0.147 e. The molecular weight excluding hydrogens is 510 g/mol. The largest absolute Gasteiger partial charge is 0.658 e. The zero-order chi connectivity index (χ0) is 17.9. The fraction of sp³-hybridized carbons (Fsp3) is 1.00. The van der Waals surface area contributed by atoms with Crippen molar-refractivity contribution >= 4 is 20.6 Å². The minimum absolute atomic E-state index is 0. The van der Waals surface area contributed by atoms with Crippen LogP contribution in [0, 0.1) is 10.8 Å². The first-order valence-corrected chi connectivity index (χ1v) is 11.5. The first kappa shape index (κ1) is 29.4. The van der Waals surface area contributed by atoms with Gasteiger partial charge in [0.15, 0.2) is 0 Å². The van der Waals surface area contributed by atoms with Crippen LogP contribution in [0.2, 0.25) is 0 Å². The van der Waals surface area contributed by atoms with Crippen molar-refractivity contribution in [1.29, 1.82) is 0 Å². The molecule has 0 N–H and O–H groups in total. The van der Waals surface area contributed by atoms with E-state index in [1.54, 1.807) is 0 Å². The normalized spacial score (nSPS) is 29.3. The minimum Gasteiger partial charge on any atom is -0.658 e. The van der Waals surface area contributed by atoms with E-state index in [1.165, 1.54) is 0 Å². The van der Waals surface area contributed by atoms with Crippen LogP contribution < -0.4 is 0 Å². The molecule has 0 saturated carbocycles. The van der Waals surface area contributed by atoms with Gasteiger partial charge in [0.2, 0.25) is 0 Å². The Morgan fingerprint density at radius 2 is 1.36 bits per heavy atom. The molecule has 9 heteroatoms. The van der Waals surface area contributed by atoms with Gasteiger partial charge in [0.05, 0.1) is 0 Å². The molecule has 0 bridgehead atoms.